The van der Waals surface area contributed by atoms with Gasteiger partial charge < -0.3 is 15.0 Å². The van der Waals surface area contributed by atoms with Crippen LogP contribution in [0.2, 0.25) is 0 Å². The first kappa shape index (κ1) is 15.1. The summed E-state index contributed by atoms with van der Waals surface area (Å²) in [6.45, 7) is 0.653. The first-order chi connectivity index (χ1) is 12.3. The van der Waals surface area contributed by atoms with E-state index >= 15 is 0 Å². The fourth-order valence-corrected chi connectivity index (χ4v) is 2.59. The molecule has 2 N–H and O–H groups in total. The van der Waals surface area contributed by atoms with Crippen molar-refractivity contribution in [1.82, 2.24) is 24.9 Å². The van der Waals surface area contributed by atoms with Gasteiger partial charge in [-0.2, -0.15) is 4.98 Å². The van der Waals surface area contributed by atoms with Gasteiger partial charge >= 0.3 is 0 Å². The molecule has 7 nitrogen and oxygen atoms in total. The number of pyridine rings is 2. The number of nitrogens with zero attached hydrogens (tertiary/aromatic N) is 4. The number of ether oxygens (including phenoxy) is 1. The molecule has 0 atom stereocenters. The Bertz CT molecular complexity index is 999. The minimum atomic E-state index is 0.525. The number of fused-ring (bicyclic) bond motifs is 1. The molecule has 0 spiro atoms. The van der Waals surface area contributed by atoms with Crippen LogP contribution < -0.4 is 10.1 Å². The zero-order chi connectivity index (χ0) is 17.1. The second kappa shape index (κ2) is 6.56. The molecule has 0 aromatic carbocycles. The van der Waals surface area contributed by atoms with Gasteiger partial charge in [0.1, 0.15) is 11.5 Å². The number of hydrogen-bond acceptors (Lipinski definition) is 6. The van der Waals surface area contributed by atoms with Gasteiger partial charge in [-0.05, 0) is 29.8 Å². The largest absolute Gasteiger partial charge is 0.481 e. The molecule has 25 heavy (non-hydrogen) atoms. The Morgan fingerprint density at radius 2 is 1.96 bits per heavy atom. The molecule has 0 saturated heterocycles. The SMILES string of the molecule is COc1ccnc(-c2cc(NCc3ccncc3)nc3[nH]ccc23)n1. The lowest BCUT2D eigenvalue weighted by atomic mass is 10.1. The molecule has 124 valence electrons. The van der Waals surface area contributed by atoms with Crippen molar-refractivity contribution in [2.24, 2.45) is 0 Å². The third-order valence-corrected chi connectivity index (χ3v) is 3.83. The normalized spacial score (nSPS) is 10.8. The summed E-state index contributed by atoms with van der Waals surface area (Å²) in [5.74, 6) is 1.86. The van der Waals surface area contributed by atoms with E-state index in [2.05, 4.69) is 30.2 Å². The van der Waals surface area contributed by atoms with Crippen molar-refractivity contribution < 1.29 is 4.74 Å². The Kier molecular flexibility index (Phi) is 3.96. The van der Waals surface area contributed by atoms with Crippen LogP contribution in [0.5, 0.6) is 5.88 Å². The van der Waals surface area contributed by atoms with Crippen molar-refractivity contribution in [2.75, 3.05) is 12.4 Å². The highest BCUT2D eigenvalue weighted by Crippen LogP contribution is 2.28. The van der Waals surface area contributed by atoms with Crippen LogP contribution in [0.1, 0.15) is 5.56 Å². The topological polar surface area (TPSA) is 88.6 Å². The minimum Gasteiger partial charge on any atom is -0.481 e. The summed E-state index contributed by atoms with van der Waals surface area (Å²) in [7, 11) is 1.59. The Hall–Kier alpha value is -3.48. The smallest absolute Gasteiger partial charge is 0.216 e. The molecule has 4 rings (SSSR count). The lowest BCUT2D eigenvalue weighted by Crippen LogP contribution is -2.02. The predicted octanol–water partition coefficient (Wildman–Crippen LogP) is 3.04. The van der Waals surface area contributed by atoms with Gasteiger partial charge in [-0.15, -0.1) is 0 Å². The van der Waals surface area contributed by atoms with E-state index in [4.69, 9.17) is 4.74 Å². The van der Waals surface area contributed by atoms with E-state index in [1.54, 1.807) is 31.8 Å². The van der Waals surface area contributed by atoms with Gasteiger partial charge in [-0.1, -0.05) is 0 Å². The summed E-state index contributed by atoms with van der Waals surface area (Å²) in [5.41, 5.74) is 2.80. The fourth-order valence-electron chi connectivity index (χ4n) is 2.59. The number of nitrogens with one attached hydrogen (secondary N) is 2. The molecule has 4 aromatic rings. The van der Waals surface area contributed by atoms with Crippen LogP contribution in [0, 0.1) is 0 Å². The van der Waals surface area contributed by atoms with E-state index in [1.807, 2.05) is 30.5 Å². The molecule has 4 heterocycles. The molecule has 0 bridgehead atoms. The second-order valence-corrected chi connectivity index (χ2v) is 5.43. The van der Waals surface area contributed by atoms with Crippen LogP contribution in [0.25, 0.3) is 22.4 Å². The average molecular weight is 332 g/mol. The summed E-state index contributed by atoms with van der Waals surface area (Å²) in [6, 6.07) is 9.57. The molecule has 0 amide bonds. The van der Waals surface area contributed by atoms with Crippen LogP contribution in [-0.2, 0) is 6.54 Å². The average Bonchev–Trinajstić information content (AvgIpc) is 3.15. The number of H-pyrrole nitrogens is 1. The quantitative estimate of drug-likeness (QED) is 0.584. The van der Waals surface area contributed by atoms with Crippen LogP contribution in [0.15, 0.2) is 55.1 Å². The number of anilines is 1. The summed E-state index contributed by atoms with van der Waals surface area (Å²) >= 11 is 0. The molecule has 0 aliphatic rings. The zero-order valence-electron chi connectivity index (χ0n) is 13.6. The Labute approximate surface area is 144 Å². The summed E-state index contributed by atoms with van der Waals surface area (Å²) < 4.78 is 5.21. The Morgan fingerprint density at radius 1 is 1.08 bits per heavy atom. The van der Waals surface area contributed by atoms with E-state index in [0.717, 1.165) is 28.0 Å². The van der Waals surface area contributed by atoms with E-state index in [9.17, 15) is 0 Å². The molecule has 0 aliphatic carbocycles. The number of rotatable bonds is 5. The van der Waals surface area contributed by atoms with Crippen molar-refractivity contribution in [3.63, 3.8) is 0 Å². The Balaban J connectivity index is 1.72. The third kappa shape index (κ3) is 3.12. The molecule has 0 aliphatic heterocycles. The molecule has 0 radical (unpaired) electrons. The third-order valence-electron chi connectivity index (χ3n) is 3.83. The van der Waals surface area contributed by atoms with Gasteiger partial charge in [-0.25, -0.2) is 9.97 Å². The fraction of sp³-hybridized carbons (Fsp3) is 0.111. The minimum absolute atomic E-state index is 0.525. The second-order valence-electron chi connectivity index (χ2n) is 5.43. The Morgan fingerprint density at radius 3 is 2.80 bits per heavy atom. The lowest BCUT2D eigenvalue weighted by Gasteiger charge is -2.09. The summed E-state index contributed by atoms with van der Waals surface area (Å²) in [4.78, 5) is 20.6. The first-order valence-electron chi connectivity index (χ1n) is 7.82. The number of aromatic nitrogens is 5. The molecule has 0 fully saturated rings. The number of methoxy groups -OCH3 is 1. The van der Waals surface area contributed by atoms with Gasteiger partial charge in [0.2, 0.25) is 5.88 Å². The van der Waals surface area contributed by atoms with E-state index < -0.39 is 0 Å². The monoisotopic (exact) mass is 332 g/mol. The predicted molar refractivity (Wildman–Crippen MR) is 95.2 cm³/mol. The van der Waals surface area contributed by atoms with E-state index in [-0.39, 0.29) is 0 Å². The molecule has 0 unspecified atom stereocenters. The van der Waals surface area contributed by atoms with Crippen molar-refractivity contribution >= 4 is 16.9 Å². The van der Waals surface area contributed by atoms with Crippen LogP contribution >= 0.6 is 0 Å². The highest BCUT2D eigenvalue weighted by Gasteiger charge is 2.12. The van der Waals surface area contributed by atoms with Crippen LogP contribution in [0.4, 0.5) is 5.82 Å². The number of aromatic amines is 1. The zero-order valence-corrected chi connectivity index (χ0v) is 13.6. The highest BCUT2D eigenvalue weighted by molar-refractivity contribution is 5.92. The molecule has 0 saturated carbocycles. The lowest BCUT2D eigenvalue weighted by molar-refractivity contribution is 0.397. The first-order valence-corrected chi connectivity index (χ1v) is 7.82. The number of hydrogen-bond donors (Lipinski definition) is 2. The standard InChI is InChI=1S/C18H16N6O/c1-25-16-5-9-21-18(24-16)14-10-15(23-17-13(14)4-8-20-17)22-11-12-2-6-19-7-3-12/h2-10H,11H2,1H3,(H2,20,22,23). The summed E-state index contributed by atoms with van der Waals surface area (Å²) in [6.07, 6.45) is 7.08. The van der Waals surface area contributed by atoms with Gasteiger partial charge in [0.15, 0.2) is 5.82 Å². The maximum atomic E-state index is 5.21. The molecular weight excluding hydrogens is 316 g/mol. The van der Waals surface area contributed by atoms with Crippen LogP contribution in [0.3, 0.4) is 0 Å². The van der Waals surface area contributed by atoms with Crippen LogP contribution in [-0.4, -0.2) is 32.0 Å². The molecule has 7 heteroatoms. The van der Waals surface area contributed by atoms with Gasteiger partial charge in [0.05, 0.1) is 7.11 Å². The van der Waals surface area contributed by atoms with Gasteiger partial charge in [-0.3, -0.25) is 4.98 Å². The maximum Gasteiger partial charge on any atom is 0.216 e. The van der Waals surface area contributed by atoms with Crippen molar-refractivity contribution in [3.8, 4) is 17.3 Å². The van der Waals surface area contributed by atoms with E-state index in [1.165, 1.54) is 0 Å². The van der Waals surface area contributed by atoms with Crippen molar-refractivity contribution in [1.29, 1.82) is 0 Å². The molecule has 4 aromatic heterocycles. The van der Waals surface area contributed by atoms with Crippen molar-refractivity contribution in [3.05, 3.63) is 60.7 Å². The highest BCUT2D eigenvalue weighted by atomic mass is 16.5. The summed E-state index contributed by atoms with van der Waals surface area (Å²) in [5, 5.41) is 4.30. The van der Waals surface area contributed by atoms with Gasteiger partial charge in [0, 0.05) is 48.3 Å². The van der Waals surface area contributed by atoms with Crippen molar-refractivity contribution in [2.45, 2.75) is 6.54 Å². The van der Waals surface area contributed by atoms with Gasteiger partial charge in [0.25, 0.3) is 0 Å². The van der Waals surface area contributed by atoms with E-state index in [0.29, 0.717) is 18.2 Å². The molecular formula is C18H16N6O. The maximum absolute atomic E-state index is 5.21.